The molecule has 2 heteroatoms. The molecule has 0 amide bonds. The molecule has 0 spiro atoms. The van der Waals surface area contributed by atoms with E-state index in [4.69, 9.17) is 0 Å². The quantitative estimate of drug-likeness (QED) is 0.533. The standard InChI is InChI=1S/C8H15OP/c1-6(9)7-4-2-3-5-8(7)10/h7-8H,2-5,10H2,1H3. The molecule has 3 unspecified atom stereocenters. The van der Waals surface area contributed by atoms with Gasteiger partial charge in [0, 0.05) is 5.92 Å². The second kappa shape index (κ2) is 3.48. The second-order valence-electron chi connectivity index (χ2n) is 3.17. The molecule has 1 aliphatic carbocycles. The Kier molecular flexibility index (Phi) is 2.85. The van der Waals surface area contributed by atoms with Crippen LogP contribution in [-0.2, 0) is 4.79 Å². The van der Waals surface area contributed by atoms with Crippen molar-refractivity contribution in [2.45, 2.75) is 38.3 Å². The van der Waals surface area contributed by atoms with Gasteiger partial charge in [-0.2, -0.15) is 0 Å². The molecule has 1 rings (SSSR count). The van der Waals surface area contributed by atoms with Crippen molar-refractivity contribution in [1.29, 1.82) is 0 Å². The molecule has 1 saturated carbocycles. The number of ketones is 1. The molecular weight excluding hydrogens is 143 g/mol. The van der Waals surface area contributed by atoms with Gasteiger partial charge < -0.3 is 0 Å². The Morgan fingerprint density at radius 1 is 1.40 bits per heavy atom. The Morgan fingerprint density at radius 2 is 2.00 bits per heavy atom. The second-order valence-corrected chi connectivity index (χ2v) is 4.02. The third-order valence-corrected chi connectivity index (χ3v) is 3.14. The van der Waals surface area contributed by atoms with Crippen LogP contribution in [0.4, 0.5) is 0 Å². The first-order valence-corrected chi connectivity index (χ1v) is 4.64. The molecule has 0 bridgehead atoms. The maximum atomic E-state index is 11.0. The molecule has 1 nitrogen and oxygen atoms in total. The molecule has 58 valence electrons. The first-order valence-electron chi connectivity index (χ1n) is 3.98. The van der Waals surface area contributed by atoms with Crippen molar-refractivity contribution in [3.63, 3.8) is 0 Å². The summed E-state index contributed by atoms with van der Waals surface area (Å²) in [5.41, 5.74) is 0.561. The summed E-state index contributed by atoms with van der Waals surface area (Å²) >= 11 is 0. The van der Waals surface area contributed by atoms with Crippen molar-refractivity contribution in [2.75, 3.05) is 0 Å². The minimum Gasteiger partial charge on any atom is -0.300 e. The summed E-state index contributed by atoms with van der Waals surface area (Å²) in [7, 11) is 2.79. The number of carbonyl (C=O) groups is 1. The van der Waals surface area contributed by atoms with Crippen LogP contribution in [-0.4, -0.2) is 11.4 Å². The van der Waals surface area contributed by atoms with Gasteiger partial charge in [-0.05, 0) is 25.4 Å². The average Bonchev–Trinajstić information content (AvgIpc) is 1.88. The zero-order valence-electron chi connectivity index (χ0n) is 6.47. The van der Waals surface area contributed by atoms with Crippen LogP contribution in [0.3, 0.4) is 0 Å². The van der Waals surface area contributed by atoms with Crippen LogP contribution >= 0.6 is 9.24 Å². The van der Waals surface area contributed by atoms with Crippen LogP contribution in [0.5, 0.6) is 0 Å². The fraction of sp³-hybridized carbons (Fsp3) is 0.875. The molecule has 0 aromatic heterocycles. The lowest BCUT2D eigenvalue weighted by molar-refractivity contribution is -0.121. The molecule has 1 aliphatic rings. The smallest absolute Gasteiger partial charge is 0.133 e. The number of carbonyl (C=O) groups excluding carboxylic acids is 1. The van der Waals surface area contributed by atoms with E-state index in [1.54, 1.807) is 6.92 Å². The van der Waals surface area contributed by atoms with Gasteiger partial charge in [0.05, 0.1) is 0 Å². The Bertz CT molecular complexity index is 133. The van der Waals surface area contributed by atoms with E-state index in [-0.39, 0.29) is 0 Å². The van der Waals surface area contributed by atoms with Gasteiger partial charge in [0.2, 0.25) is 0 Å². The van der Waals surface area contributed by atoms with Crippen LogP contribution in [0.25, 0.3) is 0 Å². The molecule has 3 atom stereocenters. The summed E-state index contributed by atoms with van der Waals surface area (Å²) in [6.45, 7) is 1.72. The first-order chi connectivity index (χ1) is 4.72. The Hall–Kier alpha value is 0.100. The van der Waals surface area contributed by atoms with E-state index in [0.717, 1.165) is 6.42 Å². The van der Waals surface area contributed by atoms with Crippen molar-refractivity contribution in [3.8, 4) is 0 Å². The largest absolute Gasteiger partial charge is 0.300 e. The van der Waals surface area contributed by atoms with Crippen LogP contribution in [0, 0.1) is 5.92 Å². The van der Waals surface area contributed by atoms with Crippen molar-refractivity contribution in [1.82, 2.24) is 0 Å². The molecule has 10 heavy (non-hydrogen) atoms. The molecule has 0 saturated heterocycles. The number of rotatable bonds is 1. The summed E-state index contributed by atoms with van der Waals surface area (Å²) in [5.74, 6) is 0.721. The van der Waals surface area contributed by atoms with E-state index >= 15 is 0 Å². The van der Waals surface area contributed by atoms with Crippen LogP contribution in [0.1, 0.15) is 32.6 Å². The van der Waals surface area contributed by atoms with Gasteiger partial charge in [-0.25, -0.2) is 0 Å². The summed E-state index contributed by atoms with van der Waals surface area (Å²) in [6, 6.07) is 0. The predicted octanol–water partition coefficient (Wildman–Crippen LogP) is 2.01. The van der Waals surface area contributed by atoms with E-state index in [1.807, 2.05) is 0 Å². The lowest BCUT2D eigenvalue weighted by atomic mass is 9.86. The van der Waals surface area contributed by atoms with Gasteiger partial charge in [0.15, 0.2) is 0 Å². The summed E-state index contributed by atoms with van der Waals surface area (Å²) in [4.78, 5) is 11.0. The Morgan fingerprint density at radius 3 is 2.40 bits per heavy atom. The summed E-state index contributed by atoms with van der Waals surface area (Å²) in [5, 5.41) is 0. The highest BCUT2D eigenvalue weighted by Gasteiger charge is 2.24. The topological polar surface area (TPSA) is 17.1 Å². The number of Topliss-reactive ketones (excluding diaryl/α,β-unsaturated/α-hetero) is 1. The Balaban J connectivity index is 2.47. The molecule has 1 fully saturated rings. The van der Waals surface area contributed by atoms with E-state index in [1.165, 1.54) is 19.3 Å². The third-order valence-electron chi connectivity index (χ3n) is 2.34. The van der Waals surface area contributed by atoms with Gasteiger partial charge in [-0.15, -0.1) is 9.24 Å². The first kappa shape index (κ1) is 8.20. The molecular formula is C8H15OP. The van der Waals surface area contributed by atoms with E-state index in [9.17, 15) is 4.79 Å². The highest BCUT2D eigenvalue weighted by molar-refractivity contribution is 7.17. The molecule has 0 aromatic rings. The lowest BCUT2D eigenvalue weighted by Gasteiger charge is -2.25. The summed E-state index contributed by atoms with van der Waals surface area (Å²) in [6.07, 6.45) is 4.88. The van der Waals surface area contributed by atoms with Gasteiger partial charge in [0.25, 0.3) is 0 Å². The van der Waals surface area contributed by atoms with E-state index in [2.05, 4.69) is 9.24 Å². The van der Waals surface area contributed by atoms with Crippen molar-refractivity contribution < 1.29 is 4.79 Å². The molecule has 0 radical (unpaired) electrons. The summed E-state index contributed by atoms with van der Waals surface area (Å²) < 4.78 is 0. The highest BCUT2D eigenvalue weighted by atomic mass is 31.0. The number of hydrogen-bond donors (Lipinski definition) is 0. The van der Waals surface area contributed by atoms with Crippen molar-refractivity contribution in [3.05, 3.63) is 0 Å². The monoisotopic (exact) mass is 158 g/mol. The SMILES string of the molecule is CC(=O)C1CCCCC1P. The van der Waals surface area contributed by atoms with Gasteiger partial charge in [0.1, 0.15) is 5.78 Å². The molecule has 0 aromatic carbocycles. The maximum absolute atomic E-state index is 11.0. The molecule has 0 heterocycles. The minimum atomic E-state index is 0.346. The molecule has 0 aliphatic heterocycles. The van der Waals surface area contributed by atoms with Crippen molar-refractivity contribution >= 4 is 15.0 Å². The van der Waals surface area contributed by atoms with E-state index in [0.29, 0.717) is 17.4 Å². The predicted molar refractivity (Wildman–Crippen MR) is 46.1 cm³/mol. The zero-order valence-corrected chi connectivity index (χ0v) is 7.62. The fourth-order valence-electron chi connectivity index (χ4n) is 1.66. The van der Waals surface area contributed by atoms with Crippen LogP contribution in [0.2, 0.25) is 0 Å². The van der Waals surface area contributed by atoms with Gasteiger partial charge in [-0.1, -0.05) is 12.8 Å². The normalized spacial score (nSPS) is 33.8. The highest BCUT2D eigenvalue weighted by Crippen LogP contribution is 2.30. The van der Waals surface area contributed by atoms with Crippen LogP contribution in [0.15, 0.2) is 0 Å². The van der Waals surface area contributed by atoms with E-state index < -0.39 is 0 Å². The third kappa shape index (κ3) is 1.79. The fourth-order valence-corrected chi connectivity index (χ4v) is 2.36. The molecule has 0 N–H and O–H groups in total. The zero-order chi connectivity index (χ0) is 7.56. The lowest BCUT2D eigenvalue weighted by Crippen LogP contribution is -2.25. The average molecular weight is 158 g/mol. The van der Waals surface area contributed by atoms with Gasteiger partial charge >= 0.3 is 0 Å². The maximum Gasteiger partial charge on any atom is 0.133 e. The van der Waals surface area contributed by atoms with Crippen molar-refractivity contribution in [2.24, 2.45) is 5.92 Å². The Labute approximate surface area is 64.8 Å². The van der Waals surface area contributed by atoms with Crippen LogP contribution < -0.4 is 0 Å². The minimum absolute atomic E-state index is 0.346. The van der Waals surface area contributed by atoms with Gasteiger partial charge in [-0.3, -0.25) is 4.79 Å². The number of hydrogen-bond acceptors (Lipinski definition) is 1.